The van der Waals surface area contributed by atoms with Gasteiger partial charge in [-0.05, 0) is 0 Å². The second-order valence-electron chi connectivity index (χ2n) is 3.33. The third-order valence-electron chi connectivity index (χ3n) is 2.17. The van der Waals surface area contributed by atoms with E-state index in [9.17, 15) is 0 Å². The zero-order chi connectivity index (χ0) is 11.4. The largest absolute Gasteiger partial charge is 0.383 e. The Balaban J connectivity index is 2.00. The topological polar surface area (TPSA) is 64.3 Å². The van der Waals surface area contributed by atoms with Crippen molar-refractivity contribution in [1.29, 1.82) is 0 Å². The van der Waals surface area contributed by atoms with Crippen LogP contribution in [0.5, 0.6) is 0 Å². The van der Waals surface area contributed by atoms with Gasteiger partial charge >= 0.3 is 0 Å². The van der Waals surface area contributed by atoms with Gasteiger partial charge in [-0.1, -0.05) is 18.3 Å². The van der Waals surface area contributed by atoms with Crippen molar-refractivity contribution in [3.8, 4) is 0 Å². The molecule has 0 saturated heterocycles. The summed E-state index contributed by atoms with van der Waals surface area (Å²) in [6.45, 7) is 4.34. The van der Waals surface area contributed by atoms with Crippen molar-refractivity contribution in [2.75, 3.05) is 20.3 Å². The zero-order valence-electron chi connectivity index (χ0n) is 9.43. The third-order valence-corrected chi connectivity index (χ3v) is 3.07. The fourth-order valence-electron chi connectivity index (χ4n) is 1.36. The van der Waals surface area contributed by atoms with Crippen LogP contribution in [0.25, 0.3) is 4.96 Å². The van der Waals surface area contributed by atoms with Gasteiger partial charge in [0.25, 0.3) is 0 Å². The second kappa shape index (κ2) is 5.33. The van der Waals surface area contributed by atoms with Gasteiger partial charge in [0.2, 0.25) is 4.96 Å². The minimum Gasteiger partial charge on any atom is -0.383 e. The molecule has 88 valence electrons. The molecular formula is C9H15N5OS. The van der Waals surface area contributed by atoms with Crippen LogP contribution in [0.2, 0.25) is 0 Å². The fourth-order valence-corrected chi connectivity index (χ4v) is 2.18. The van der Waals surface area contributed by atoms with Gasteiger partial charge in [0.1, 0.15) is 5.01 Å². The molecule has 0 spiro atoms. The lowest BCUT2D eigenvalue weighted by molar-refractivity contribution is 0.199. The van der Waals surface area contributed by atoms with E-state index in [0.29, 0.717) is 6.61 Å². The van der Waals surface area contributed by atoms with Gasteiger partial charge < -0.3 is 10.1 Å². The van der Waals surface area contributed by atoms with Crippen LogP contribution < -0.4 is 5.32 Å². The standard InChI is InChI=1S/C9H15N5OS/c1-3-7-11-12-9-14(7)13-8(16-9)6-10-4-5-15-2/h10H,3-6H2,1-2H3. The first-order valence-corrected chi connectivity index (χ1v) is 6.06. The molecule has 0 saturated carbocycles. The quantitative estimate of drug-likeness (QED) is 0.745. The first-order valence-electron chi connectivity index (χ1n) is 5.24. The van der Waals surface area contributed by atoms with Crippen molar-refractivity contribution in [2.45, 2.75) is 19.9 Å². The first kappa shape index (κ1) is 11.4. The van der Waals surface area contributed by atoms with E-state index in [4.69, 9.17) is 4.74 Å². The zero-order valence-corrected chi connectivity index (χ0v) is 10.3. The lowest BCUT2D eigenvalue weighted by Crippen LogP contribution is -2.18. The molecule has 6 nitrogen and oxygen atoms in total. The van der Waals surface area contributed by atoms with Crippen LogP contribution in [0.4, 0.5) is 0 Å². The lowest BCUT2D eigenvalue weighted by atomic mass is 10.5. The molecule has 0 fully saturated rings. The monoisotopic (exact) mass is 241 g/mol. The van der Waals surface area contributed by atoms with Crippen molar-refractivity contribution < 1.29 is 4.74 Å². The molecule has 2 aromatic heterocycles. The van der Waals surface area contributed by atoms with Gasteiger partial charge in [0.05, 0.1) is 6.61 Å². The summed E-state index contributed by atoms with van der Waals surface area (Å²) in [7, 11) is 1.69. The summed E-state index contributed by atoms with van der Waals surface area (Å²) in [4.78, 5) is 0.861. The highest BCUT2D eigenvalue weighted by atomic mass is 32.1. The Kier molecular flexibility index (Phi) is 3.81. The Labute approximate surface area is 97.6 Å². The Hall–Kier alpha value is -1.05. The summed E-state index contributed by atoms with van der Waals surface area (Å²) in [6.07, 6.45) is 0.849. The van der Waals surface area contributed by atoms with Gasteiger partial charge in [-0.25, -0.2) is 0 Å². The average molecular weight is 241 g/mol. The smallest absolute Gasteiger partial charge is 0.234 e. The summed E-state index contributed by atoms with van der Waals surface area (Å²) in [5.74, 6) is 0.911. The van der Waals surface area contributed by atoms with E-state index in [1.807, 2.05) is 11.4 Å². The molecule has 0 aliphatic heterocycles. The molecule has 0 aliphatic carbocycles. The number of rotatable bonds is 6. The highest BCUT2D eigenvalue weighted by Gasteiger charge is 2.09. The van der Waals surface area contributed by atoms with Crippen LogP contribution >= 0.6 is 11.3 Å². The SMILES string of the molecule is CCc1nnc2sc(CNCCOC)nn12. The van der Waals surface area contributed by atoms with Crippen LogP contribution in [-0.4, -0.2) is 40.1 Å². The van der Waals surface area contributed by atoms with Gasteiger partial charge in [0, 0.05) is 26.6 Å². The molecule has 0 atom stereocenters. The number of aryl methyl sites for hydroxylation is 1. The Morgan fingerprint density at radius 1 is 1.44 bits per heavy atom. The number of nitrogens with zero attached hydrogens (tertiary/aromatic N) is 4. The summed E-state index contributed by atoms with van der Waals surface area (Å²) in [5, 5.41) is 16.8. The maximum Gasteiger partial charge on any atom is 0.234 e. The number of hydrogen-bond acceptors (Lipinski definition) is 6. The lowest BCUT2D eigenvalue weighted by Gasteiger charge is -1.99. The predicted molar refractivity (Wildman–Crippen MR) is 61.6 cm³/mol. The molecule has 2 heterocycles. The molecule has 0 aliphatic rings. The molecule has 0 aromatic carbocycles. The van der Waals surface area contributed by atoms with Crippen LogP contribution in [0, 0.1) is 0 Å². The Morgan fingerprint density at radius 2 is 2.31 bits per heavy atom. The fraction of sp³-hybridized carbons (Fsp3) is 0.667. The first-order chi connectivity index (χ1) is 7.85. The normalized spacial score (nSPS) is 11.4. The minimum atomic E-state index is 0.713. The number of hydrogen-bond donors (Lipinski definition) is 1. The van der Waals surface area contributed by atoms with Gasteiger partial charge in [-0.15, -0.1) is 10.2 Å². The second-order valence-corrected chi connectivity index (χ2v) is 4.37. The molecule has 1 N–H and O–H groups in total. The number of aromatic nitrogens is 4. The maximum atomic E-state index is 4.95. The van der Waals surface area contributed by atoms with Crippen LogP contribution in [0.3, 0.4) is 0 Å². The van der Waals surface area contributed by atoms with Crippen molar-refractivity contribution in [3.63, 3.8) is 0 Å². The molecule has 0 bridgehead atoms. The van der Waals surface area contributed by atoms with Crippen LogP contribution in [-0.2, 0) is 17.7 Å². The van der Waals surface area contributed by atoms with E-state index >= 15 is 0 Å². The molecule has 2 aromatic rings. The Bertz CT molecular complexity index is 452. The van der Waals surface area contributed by atoms with Crippen molar-refractivity contribution in [3.05, 3.63) is 10.8 Å². The van der Waals surface area contributed by atoms with Crippen molar-refractivity contribution in [1.82, 2.24) is 25.1 Å². The number of ether oxygens (including phenoxy) is 1. The molecule has 2 rings (SSSR count). The summed E-state index contributed by atoms with van der Waals surface area (Å²) in [5.41, 5.74) is 0. The molecule has 7 heteroatoms. The third kappa shape index (κ3) is 2.37. The Morgan fingerprint density at radius 3 is 3.06 bits per heavy atom. The van der Waals surface area contributed by atoms with Crippen molar-refractivity contribution >= 4 is 16.3 Å². The van der Waals surface area contributed by atoms with Gasteiger partial charge in [0.15, 0.2) is 5.82 Å². The molecule has 0 amide bonds. The predicted octanol–water partition coefficient (Wildman–Crippen LogP) is 0.484. The van der Waals surface area contributed by atoms with E-state index in [-0.39, 0.29) is 0 Å². The molecule has 0 radical (unpaired) electrons. The average Bonchev–Trinajstić information content (AvgIpc) is 2.83. The molecule has 0 unspecified atom stereocenters. The van der Waals surface area contributed by atoms with E-state index < -0.39 is 0 Å². The number of fused-ring (bicyclic) bond motifs is 1. The minimum absolute atomic E-state index is 0.713. The van der Waals surface area contributed by atoms with Crippen LogP contribution in [0.1, 0.15) is 17.8 Å². The number of methoxy groups -OCH3 is 1. The highest BCUT2D eigenvalue weighted by molar-refractivity contribution is 7.16. The highest BCUT2D eigenvalue weighted by Crippen LogP contribution is 2.13. The summed E-state index contributed by atoms with van der Waals surface area (Å²) < 4.78 is 6.77. The van der Waals surface area contributed by atoms with Gasteiger partial charge in [-0.3, -0.25) is 0 Å². The van der Waals surface area contributed by atoms with Gasteiger partial charge in [-0.2, -0.15) is 9.61 Å². The van der Waals surface area contributed by atoms with E-state index in [2.05, 4.69) is 20.6 Å². The molecule has 16 heavy (non-hydrogen) atoms. The summed E-state index contributed by atoms with van der Waals surface area (Å²) in [6, 6.07) is 0. The van der Waals surface area contributed by atoms with E-state index in [0.717, 1.165) is 35.3 Å². The molecular weight excluding hydrogens is 226 g/mol. The van der Waals surface area contributed by atoms with E-state index in [1.165, 1.54) is 0 Å². The summed E-state index contributed by atoms with van der Waals surface area (Å²) >= 11 is 1.57. The van der Waals surface area contributed by atoms with Crippen molar-refractivity contribution in [2.24, 2.45) is 0 Å². The maximum absolute atomic E-state index is 4.95. The van der Waals surface area contributed by atoms with E-state index in [1.54, 1.807) is 18.4 Å². The number of nitrogens with one attached hydrogen (secondary N) is 1. The van der Waals surface area contributed by atoms with Crippen LogP contribution in [0.15, 0.2) is 0 Å².